The Morgan fingerprint density at radius 2 is 2.25 bits per heavy atom. The summed E-state index contributed by atoms with van der Waals surface area (Å²) in [7, 11) is 0. The van der Waals surface area contributed by atoms with Gasteiger partial charge in [-0.1, -0.05) is 17.7 Å². The lowest BCUT2D eigenvalue weighted by Crippen LogP contribution is -2.29. The van der Waals surface area contributed by atoms with Gasteiger partial charge < -0.3 is 9.52 Å². The molecule has 5 nitrogen and oxygen atoms in total. The van der Waals surface area contributed by atoms with E-state index >= 15 is 0 Å². The second-order valence-electron chi connectivity index (χ2n) is 5.83. The Morgan fingerprint density at radius 3 is 2.95 bits per heavy atom. The minimum absolute atomic E-state index is 0.551. The second kappa shape index (κ2) is 5.00. The van der Waals surface area contributed by atoms with Crippen LogP contribution in [-0.2, 0) is 6.54 Å². The van der Waals surface area contributed by atoms with Gasteiger partial charge in [-0.3, -0.25) is 4.90 Å². The third kappa shape index (κ3) is 2.89. The van der Waals surface area contributed by atoms with Crippen LogP contribution in [0.2, 0.25) is 0 Å². The van der Waals surface area contributed by atoms with Crippen LogP contribution in [0.1, 0.15) is 24.8 Å². The van der Waals surface area contributed by atoms with Crippen LogP contribution < -0.4 is 0 Å². The molecular formula is C15H19N3O2. The van der Waals surface area contributed by atoms with Crippen molar-refractivity contribution in [3.05, 3.63) is 35.7 Å². The van der Waals surface area contributed by atoms with Gasteiger partial charge in [0.15, 0.2) is 0 Å². The molecule has 0 bridgehead atoms. The van der Waals surface area contributed by atoms with Gasteiger partial charge in [-0.05, 0) is 32.4 Å². The quantitative estimate of drug-likeness (QED) is 0.926. The van der Waals surface area contributed by atoms with Crippen molar-refractivity contribution in [2.24, 2.45) is 0 Å². The van der Waals surface area contributed by atoms with Crippen molar-refractivity contribution < 1.29 is 9.52 Å². The molecule has 1 aromatic carbocycles. The lowest BCUT2D eigenvalue weighted by Gasteiger charge is -2.16. The molecule has 1 aliphatic rings. The van der Waals surface area contributed by atoms with Crippen LogP contribution in [0.25, 0.3) is 11.5 Å². The molecule has 0 amide bonds. The van der Waals surface area contributed by atoms with E-state index in [9.17, 15) is 5.11 Å². The molecule has 3 rings (SSSR count). The fourth-order valence-corrected chi connectivity index (χ4v) is 2.58. The Bertz CT molecular complexity index is 607. The SMILES string of the molecule is Cc1cccc(-c2nnc(CN3CCC(C)(O)C3)o2)c1. The van der Waals surface area contributed by atoms with Crippen LogP contribution in [0.15, 0.2) is 28.7 Å². The maximum absolute atomic E-state index is 9.95. The fraction of sp³-hybridized carbons (Fsp3) is 0.467. The number of nitrogens with zero attached hydrogens (tertiary/aromatic N) is 3. The summed E-state index contributed by atoms with van der Waals surface area (Å²) in [6, 6.07) is 8.00. The Balaban J connectivity index is 1.71. The highest BCUT2D eigenvalue weighted by molar-refractivity contribution is 5.53. The summed E-state index contributed by atoms with van der Waals surface area (Å²) < 4.78 is 5.71. The molecule has 1 saturated heterocycles. The van der Waals surface area contributed by atoms with Crippen molar-refractivity contribution in [3.63, 3.8) is 0 Å². The molecule has 2 aromatic rings. The number of aryl methyl sites for hydroxylation is 1. The molecule has 1 unspecified atom stereocenters. The van der Waals surface area contributed by atoms with Gasteiger partial charge in [-0.2, -0.15) is 0 Å². The van der Waals surface area contributed by atoms with E-state index in [1.165, 1.54) is 0 Å². The third-order valence-corrected chi connectivity index (χ3v) is 3.62. The normalized spacial score (nSPS) is 23.4. The van der Waals surface area contributed by atoms with E-state index in [-0.39, 0.29) is 0 Å². The zero-order valence-corrected chi connectivity index (χ0v) is 11.8. The summed E-state index contributed by atoms with van der Waals surface area (Å²) in [5, 5.41) is 18.1. The van der Waals surface area contributed by atoms with Crippen LogP contribution in [-0.4, -0.2) is 38.9 Å². The van der Waals surface area contributed by atoms with Crippen molar-refractivity contribution in [1.29, 1.82) is 0 Å². The Labute approximate surface area is 118 Å². The maximum atomic E-state index is 9.95. The van der Waals surface area contributed by atoms with E-state index in [1.807, 2.05) is 38.1 Å². The average Bonchev–Trinajstić information content (AvgIpc) is 2.97. The van der Waals surface area contributed by atoms with Crippen LogP contribution in [0.4, 0.5) is 0 Å². The second-order valence-corrected chi connectivity index (χ2v) is 5.83. The fourth-order valence-electron chi connectivity index (χ4n) is 2.58. The van der Waals surface area contributed by atoms with Crippen molar-refractivity contribution >= 4 is 0 Å². The van der Waals surface area contributed by atoms with E-state index in [2.05, 4.69) is 15.1 Å². The lowest BCUT2D eigenvalue weighted by atomic mass is 10.1. The van der Waals surface area contributed by atoms with Crippen LogP contribution >= 0.6 is 0 Å². The Kier molecular flexibility index (Phi) is 3.31. The third-order valence-electron chi connectivity index (χ3n) is 3.62. The first-order valence-electron chi connectivity index (χ1n) is 6.86. The van der Waals surface area contributed by atoms with E-state index in [0.29, 0.717) is 24.9 Å². The van der Waals surface area contributed by atoms with Gasteiger partial charge in [0.05, 0.1) is 12.1 Å². The zero-order valence-electron chi connectivity index (χ0n) is 11.8. The molecule has 1 N–H and O–H groups in total. The number of hydrogen-bond acceptors (Lipinski definition) is 5. The predicted molar refractivity (Wildman–Crippen MR) is 75.0 cm³/mol. The molecule has 0 aliphatic carbocycles. The smallest absolute Gasteiger partial charge is 0.247 e. The van der Waals surface area contributed by atoms with E-state index in [4.69, 9.17) is 4.42 Å². The van der Waals surface area contributed by atoms with Gasteiger partial charge >= 0.3 is 0 Å². The molecule has 2 heterocycles. The number of likely N-dealkylation sites (tertiary alicyclic amines) is 1. The summed E-state index contributed by atoms with van der Waals surface area (Å²) in [6.45, 7) is 5.99. The van der Waals surface area contributed by atoms with E-state index < -0.39 is 5.60 Å². The van der Waals surface area contributed by atoms with Crippen LogP contribution in [0.3, 0.4) is 0 Å². The van der Waals surface area contributed by atoms with Gasteiger partial charge in [0.25, 0.3) is 0 Å². The van der Waals surface area contributed by atoms with Crippen LogP contribution in [0.5, 0.6) is 0 Å². The molecule has 20 heavy (non-hydrogen) atoms. The standard InChI is InChI=1S/C15H19N3O2/c1-11-4-3-5-12(8-11)14-17-16-13(20-14)9-18-7-6-15(2,19)10-18/h3-5,8,19H,6-7,9-10H2,1-2H3. The molecule has 1 atom stereocenters. The predicted octanol–water partition coefficient (Wildman–Crippen LogP) is 2.00. The largest absolute Gasteiger partial charge is 0.419 e. The van der Waals surface area contributed by atoms with Gasteiger partial charge in [0.2, 0.25) is 11.8 Å². The van der Waals surface area contributed by atoms with Crippen molar-refractivity contribution in [2.75, 3.05) is 13.1 Å². The Morgan fingerprint density at radius 1 is 1.40 bits per heavy atom. The minimum atomic E-state index is -0.598. The van der Waals surface area contributed by atoms with Gasteiger partial charge in [-0.25, -0.2) is 0 Å². The number of aromatic nitrogens is 2. The highest BCUT2D eigenvalue weighted by Crippen LogP contribution is 2.23. The summed E-state index contributed by atoms with van der Waals surface area (Å²) in [5.74, 6) is 1.15. The zero-order chi connectivity index (χ0) is 14.2. The number of β-amino-alcohol motifs (C(OH)–C–C–N with tert-alkyl or cyclic N) is 1. The molecule has 0 spiro atoms. The first kappa shape index (κ1) is 13.3. The molecule has 5 heteroatoms. The molecule has 0 radical (unpaired) electrons. The monoisotopic (exact) mass is 273 g/mol. The highest BCUT2D eigenvalue weighted by Gasteiger charge is 2.31. The summed E-state index contributed by atoms with van der Waals surface area (Å²) in [5.41, 5.74) is 1.51. The molecule has 1 aliphatic heterocycles. The molecule has 0 saturated carbocycles. The van der Waals surface area contributed by atoms with Crippen molar-refractivity contribution in [1.82, 2.24) is 15.1 Å². The van der Waals surface area contributed by atoms with Gasteiger partial charge in [-0.15, -0.1) is 10.2 Å². The first-order valence-corrected chi connectivity index (χ1v) is 6.86. The lowest BCUT2D eigenvalue weighted by molar-refractivity contribution is 0.0668. The number of hydrogen-bond donors (Lipinski definition) is 1. The molecule has 106 valence electrons. The van der Waals surface area contributed by atoms with Crippen molar-refractivity contribution in [2.45, 2.75) is 32.4 Å². The molecule has 1 aromatic heterocycles. The highest BCUT2D eigenvalue weighted by atomic mass is 16.4. The summed E-state index contributed by atoms with van der Waals surface area (Å²) in [4.78, 5) is 2.13. The summed E-state index contributed by atoms with van der Waals surface area (Å²) >= 11 is 0. The molecular weight excluding hydrogens is 254 g/mol. The average molecular weight is 273 g/mol. The van der Waals surface area contributed by atoms with Crippen molar-refractivity contribution in [3.8, 4) is 11.5 Å². The van der Waals surface area contributed by atoms with Crippen LogP contribution in [0, 0.1) is 6.92 Å². The maximum Gasteiger partial charge on any atom is 0.247 e. The minimum Gasteiger partial charge on any atom is -0.419 e. The van der Waals surface area contributed by atoms with E-state index in [1.54, 1.807) is 0 Å². The summed E-state index contributed by atoms with van der Waals surface area (Å²) in [6.07, 6.45) is 0.784. The first-order chi connectivity index (χ1) is 9.52. The Hall–Kier alpha value is -1.72. The van der Waals surface area contributed by atoms with Gasteiger partial charge in [0.1, 0.15) is 0 Å². The molecule has 1 fully saturated rings. The number of aliphatic hydroxyl groups is 1. The van der Waals surface area contributed by atoms with Gasteiger partial charge in [0, 0.05) is 18.7 Å². The van der Waals surface area contributed by atoms with E-state index in [0.717, 1.165) is 24.1 Å². The topological polar surface area (TPSA) is 62.4 Å². The number of rotatable bonds is 3. The number of benzene rings is 1.